The van der Waals surface area contributed by atoms with Gasteiger partial charge in [0.15, 0.2) is 0 Å². The minimum Gasteiger partial charge on any atom is -0.464 e. The molecular formula is C16H27NO2. The van der Waals surface area contributed by atoms with Crippen molar-refractivity contribution < 1.29 is 9.15 Å². The van der Waals surface area contributed by atoms with Gasteiger partial charge in [-0.25, -0.2) is 0 Å². The average Bonchev–Trinajstić information content (AvgIpc) is 3.06. The predicted molar refractivity (Wildman–Crippen MR) is 77.0 cm³/mol. The third-order valence-electron chi connectivity index (χ3n) is 3.47. The van der Waals surface area contributed by atoms with Crippen molar-refractivity contribution >= 4 is 0 Å². The number of ether oxygens (including phenoxy) is 1. The van der Waals surface area contributed by atoms with Crippen molar-refractivity contribution in [1.29, 1.82) is 0 Å². The Morgan fingerprint density at radius 2 is 2.11 bits per heavy atom. The second kappa shape index (κ2) is 6.10. The maximum Gasteiger partial charge on any atom is 0.130 e. The summed E-state index contributed by atoms with van der Waals surface area (Å²) in [4.78, 5) is 0. The van der Waals surface area contributed by atoms with Gasteiger partial charge >= 0.3 is 0 Å². The summed E-state index contributed by atoms with van der Waals surface area (Å²) in [5.74, 6) is 1.96. The summed E-state index contributed by atoms with van der Waals surface area (Å²) in [5.41, 5.74) is 1.60. The Kier molecular flexibility index (Phi) is 4.69. The largest absolute Gasteiger partial charge is 0.464 e. The van der Waals surface area contributed by atoms with Crippen LogP contribution in [0.2, 0.25) is 0 Å². The highest BCUT2D eigenvalue weighted by atomic mass is 16.5. The van der Waals surface area contributed by atoms with Crippen molar-refractivity contribution in [3.8, 4) is 0 Å². The molecule has 0 radical (unpaired) electrons. The Hall–Kier alpha value is -0.800. The third-order valence-corrected chi connectivity index (χ3v) is 3.47. The van der Waals surface area contributed by atoms with Crippen LogP contribution < -0.4 is 5.32 Å². The van der Waals surface area contributed by atoms with Crippen LogP contribution in [-0.2, 0) is 17.9 Å². The SMILES string of the molecule is Cc1oc(COCCC(C)(C)C)cc1CNC1CC1. The first kappa shape index (κ1) is 14.6. The van der Waals surface area contributed by atoms with E-state index < -0.39 is 0 Å². The Balaban J connectivity index is 1.72. The van der Waals surface area contributed by atoms with Crippen LogP contribution in [0.15, 0.2) is 10.5 Å². The van der Waals surface area contributed by atoms with E-state index in [4.69, 9.17) is 9.15 Å². The average molecular weight is 265 g/mol. The lowest BCUT2D eigenvalue weighted by Gasteiger charge is -2.17. The zero-order chi connectivity index (χ0) is 13.9. The molecule has 1 aliphatic carbocycles. The van der Waals surface area contributed by atoms with E-state index >= 15 is 0 Å². The summed E-state index contributed by atoms with van der Waals surface area (Å²) in [5, 5.41) is 3.51. The van der Waals surface area contributed by atoms with E-state index in [0.29, 0.717) is 12.0 Å². The van der Waals surface area contributed by atoms with E-state index in [0.717, 1.165) is 37.1 Å². The van der Waals surface area contributed by atoms with Crippen LogP contribution in [0.5, 0.6) is 0 Å². The summed E-state index contributed by atoms with van der Waals surface area (Å²) in [6, 6.07) is 2.86. The molecule has 0 aromatic carbocycles. The van der Waals surface area contributed by atoms with Crippen LogP contribution in [-0.4, -0.2) is 12.6 Å². The van der Waals surface area contributed by atoms with Gasteiger partial charge in [-0.3, -0.25) is 0 Å². The molecule has 1 N–H and O–H groups in total. The smallest absolute Gasteiger partial charge is 0.130 e. The molecule has 1 heterocycles. The van der Waals surface area contributed by atoms with E-state index in [1.807, 2.05) is 6.92 Å². The van der Waals surface area contributed by atoms with E-state index in [1.54, 1.807) is 0 Å². The predicted octanol–water partition coefficient (Wildman–Crippen LogP) is 3.79. The molecule has 0 atom stereocenters. The molecule has 0 saturated heterocycles. The van der Waals surface area contributed by atoms with E-state index in [9.17, 15) is 0 Å². The summed E-state index contributed by atoms with van der Waals surface area (Å²) >= 11 is 0. The Morgan fingerprint density at radius 1 is 1.37 bits per heavy atom. The highest BCUT2D eigenvalue weighted by Gasteiger charge is 2.21. The molecule has 0 aliphatic heterocycles. The molecule has 3 heteroatoms. The molecule has 2 rings (SSSR count). The fraction of sp³-hybridized carbons (Fsp3) is 0.750. The molecule has 0 unspecified atom stereocenters. The van der Waals surface area contributed by atoms with Crippen molar-refractivity contribution in [3.05, 3.63) is 23.2 Å². The van der Waals surface area contributed by atoms with Gasteiger partial charge in [0.2, 0.25) is 0 Å². The van der Waals surface area contributed by atoms with E-state index in [-0.39, 0.29) is 0 Å². The van der Waals surface area contributed by atoms with Crippen molar-refractivity contribution in [3.63, 3.8) is 0 Å². The lowest BCUT2D eigenvalue weighted by atomic mass is 9.93. The minimum atomic E-state index is 0.332. The third kappa shape index (κ3) is 5.37. The molecule has 0 amide bonds. The lowest BCUT2D eigenvalue weighted by Crippen LogP contribution is -2.15. The molecule has 1 aliphatic rings. The highest BCUT2D eigenvalue weighted by Crippen LogP contribution is 2.22. The summed E-state index contributed by atoms with van der Waals surface area (Å²) in [6.07, 6.45) is 3.71. The second-order valence-corrected chi connectivity index (χ2v) is 6.81. The molecule has 1 aromatic heterocycles. The number of rotatable bonds is 7. The Labute approximate surface area is 116 Å². The first-order valence-corrected chi connectivity index (χ1v) is 7.33. The van der Waals surface area contributed by atoms with E-state index in [1.165, 1.54) is 18.4 Å². The maximum atomic E-state index is 5.73. The van der Waals surface area contributed by atoms with Gasteiger partial charge in [0.05, 0.1) is 0 Å². The van der Waals surface area contributed by atoms with E-state index in [2.05, 4.69) is 32.2 Å². The van der Waals surface area contributed by atoms with Crippen LogP contribution in [0.3, 0.4) is 0 Å². The zero-order valence-electron chi connectivity index (χ0n) is 12.7. The van der Waals surface area contributed by atoms with Gasteiger partial charge in [-0.1, -0.05) is 20.8 Å². The topological polar surface area (TPSA) is 34.4 Å². The standard InChI is InChI=1S/C16H27NO2/c1-12-13(10-17-14-5-6-14)9-15(19-12)11-18-8-7-16(2,3)4/h9,14,17H,5-8,10-11H2,1-4H3. The quantitative estimate of drug-likeness (QED) is 0.762. The van der Waals surface area contributed by atoms with Crippen LogP contribution in [0.25, 0.3) is 0 Å². The van der Waals surface area contributed by atoms with Crippen LogP contribution >= 0.6 is 0 Å². The second-order valence-electron chi connectivity index (χ2n) is 6.81. The van der Waals surface area contributed by atoms with Gasteiger partial charge in [0, 0.05) is 24.8 Å². The zero-order valence-corrected chi connectivity index (χ0v) is 12.7. The first-order valence-electron chi connectivity index (χ1n) is 7.33. The number of furan rings is 1. The number of hydrogen-bond acceptors (Lipinski definition) is 3. The Morgan fingerprint density at radius 3 is 2.74 bits per heavy atom. The molecular weight excluding hydrogens is 238 g/mol. The van der Waals surface area contributed by atoms with Crippen LogP contribution in [0.1, 0.15) is 57.1 Å². The van der Waals surface area contributed by atoms with Gasteiger partial charge in [-0.05, 0) is 37.7 Å². The molecule has 0 spiro atoms. The van der Waals surface area contributed by atoms with Gasteiger partial charge < -0.3 is 14.5 Å². The van der Waals surface area contributed by atoms with Crippen molar-refractivity contribution in [2.75, 3.05) is 6.61 Å². The Bertz CT molecular complexity index is 399. The fourth-order valence-electron chi connectivity index (χ4n) is 1.93. The van der Waals surface area contributed by atoms with Crippen molar-refractivity contribution in [2.24, 2.45) is 5.41 Å². The molecule has 0 bridgehead atoms. The molecule has 1 fully saturated rings. The van der Waals surface area contributed by atoms with Gasteiger partial charge in [0.25, 0.3) is 0 Å². The number of aryl methyl sites for hydroxylation is 1. The van der Waals surface area contributed by atoms with Crippen LogP contribution in [0, 0.1) is 12.3 Å². The summed E-state index contributed by atoms with van der Waals surface area (Å²) in [7, 11) is 0. The molecule has 108 valence electrons. The maximum absolute atomic E-state index is 5.73. The van der Waals surface area contributed by atoms with Crippen molar-refractivity contribution in [2.45, 2.75) is 66.2 Å². The highest BCUT2D eigenvalue weighted by molar-refractivity contribution is 5.20. The first-order chi connectivity index (χ1) is 8.94. The number of nitrogens with one attached hydrogen (secondary N) is 1. The summed E-state index contributed by atoms with van der Waals surface area (Å²) in [6.45, 7) is 11.0. The lowest BCUT2D eigenvalue weighted by molar-refractivity contribution is 0.0839. The fourth-order valence-corrected chi connectivity index (χ4v) is 1.93. The summed E-state index contributed by atoms with van der Waals surface area (Å²) < 4.78 is 11.4. The monoisotopic (exact) mass is 265 g/mol. The number of hydrogen-bond donors (Lipinski definition) is 1. The molecule has 1 saturated carbocycles. The van der Waals surface area contributed by atoms with Crippen LogP contribution in [0.4, 0.5) is 0 Å². The molecule has 3 nitrogen and oxygen atoms in total. The molecule has 1 aromatic rings. The van der Waals surface area contributed by atoms with Gasteiger partial charge in [-0.2, -0.15) is 0 Å². The van der Waals surface area contributed by atoms with Gasteiger partial charge in [-0.15, -0.1) is 0 Å². The van der Waals surface area contributed by atoms with Crippen molar-refractivity contribution in [1.82, 2.24) is 5.32 Å². The molecule has 19 heavy (non-hydrogen) atoms. The normalized spacial score (nSPS) is 16.0. The minimum absolute atomic E-state index is 0.332. The van der Waals surface area contributed by atoms with Gasteiger partial charge in [0.1, 0.15) is 18.1 Å².